The van der Waals surface area contributed by atoms with E-state index in [-0.39, 0.29) is 12.4 Å². The average molecular weight is 253 g/mol. The van der Waals surface area contributed by atoms with Gasteiger partial charge in [0.25, 0.3) is 0 Å². The van der Waals surface area contributed by atoms with Crippen LogP contribution in [0.3, 0.4) is 0 Å². The fraction of sp³-hybridized carbons (Fsp3) is 0.571. The van der Waals surface area contributed by atoms with Crippen LogP contribution in [0, 0.1) is 5.92 Å². The SMILES string of the molecule is C=C(C)C(=O)C(=C)CCOC(=O)NCCC(C)C. The van der Waals surface area contributed by atoms with E-state index in [1.54, 1.807) is 6.92 Å². The summed E-state index contributed by atoms with van der Waals surface area (Å²) in [6, 6.07) is 0. The number of amides is 1. The molecule has 0 bridgehead atoms. The first-order chi connectivity index (χ1) is 8.34. The van der Waals surface area contributed by atoms with Crippen LogP contribution in [0.15, 0.2) is 24.3 Å². The van der Waals surface area contributed by atoms with E-state index in [9.17, 15) is 9.59 Å². The number of nitrogens with one attached hydrogen (secondary N) is 1. The Hall–Kier alpha value is -1.58. The third kappa shape index (κ3) is 7.65. The fourth-order valence-electron chi connectivity index (χ4n) is 1.20. The lowest BCUT2D eigenvalue weighted by atomic mass is 10.1. The van der Waals surface area contributed by atoms with E-state index in [1.165, 1.54) is 0 Å². The Morgan fingerprint density at radius 3 is 2.39 bits per heavy atom. The Labute approximate surface area is 109 Å². The number of alkyl carbamates (subject to hydrolysis) is 1. The van der Waals surface area contributed by atoms with Crippen LogP contribution in [0.2, 0.25) is 0 Å². The van der Waals surface area contributed by atoms with Crippen molar-refractivity contribution < 1.29 is 14.3 Å². The number of ketones is 1. The van der Waals surface area contributed by atoms with Gasteiger partial charge in [-0.05, 0) is 30.4 Å². The molecule has 0 heterocycles. The lowest BCUT2D eigenvalue weighted by molar-refractivity contribution is -0.112. The number of carbonyl (C=O) groups is 2. The van der Waals surface area contributed by atoms with E-state index < -0.39 is 6.09 Å². The maximum absolute atomic E-state index is 11.4. The van der Waals surface area contributed by atoms with Gasteiger partial charge in [0.05, 0.1) is 6.61 Å². The molecule has 0 aromatic rings. The zero-order valence-corrected chi connectivity index (χ0v) is 11.5. The maximum atomic E-state index is 11.4. The van der Waals surface area contributed by atoms with Gasteiger partial charge in [0.2, 0.25) is 0 Å². The number of allylic oxidation sites excluding steroid dienone is 1. The average Bonchev–Trinajstić information content (AvgIpc) is 2.27. The molecule has 1 amide bonds. The van der Waals surface area contributed by atoms with Gasteiger partial charge in [0.15, 0.2) is 5.78 Å². The molecule has 0 aromatic carbocycles. The summed E-state index contributed by atoms with van der Waals surface area (Å²) in [7, 11) is 0. The van der Waals surface area contributed by atoms with Crippen LogP contribution >= 0.6 is 0 Å². The minimum Gasteiger partial charge on any atom is -0.449 e. The summed E-state index contributed by atoms with van der Waals surface area (Å²) in [5.74, 6) is 0.372. The van der Waals surface area contributed by atoms with Crippen LogP contribution in [-0.2, 0) is 9.53 Å². The number of rotatable bonds is 8. The molecule has 18 heavy (non-hydrogen) atoms. The highest BCUT2D eigenvalue weighted by Gasteiger charge is 2.09. The summed E-state index contributed by atoms with van der Waals surface area (Å²) in [5, 5.41) is 2.65. The standard InChI is InChI=1S/C14H23NO3/c1-10(2)6-8-15-14(17)18-9-7-12(5)13(16)11(3)4/h10H,3,5-9H2,1-2,4H3,(H,15,17). The molecule has 1 N–H and O–H groups in total. The van der Waals surface area contributed by atoms with Gasteiger partial charge >= 0.3 is 6.09 Å². The molecule has 0 radical (unpaired) electrons. The molecule has 0 unspecified atom stereocenters. The van der Waals surface area contributed by atoms with Gasteiger partial charge in [-0.15, -0.1) is 0 Å². The van der Waals surface area contributed by atoms with E-state index in [2.05, 4.69) is 32.3 Å². The van der Waals surface area contributed by atoms with Gasteiger partial charge in [-0.3, -0.25) is 4.79 Å². The maximum Gasteiger partial charge on any atom is 0.407 e. The molecule has 4 heteroatoms. The van der Waals surface area contributed by atoms with Crippen molar-refractivity contribution in [3.8, 4) is 0 Å². The van der Waals surface area contributed by atoms with Gasteiger partial charge in [-0.2, -0.15) is 0 Å². The topological polar surface area (TPSA) is 55.4 Å². The number of hydrogen-bond acceptors (Lipinski definition) is 3. The summed E-state index contributed by atoms with van der Waals surface area (Å²) in [4.78, 5) is 22.7. The molecule has 102 valence electrons. The second-order valence-corrected chi connectivity index (χ2v) is 4.71. The molecular weight excluding hydrogens is 230 g/mol. The number of hydrogen-bond donors (Lipinski definition) is 1. The fourth-order valence-corrected chi connectivity index (χ4v) is 1.20. The molecule has 0 saturated heterocycles. The molecular formula is C14H23NO3. The van der Waals surface area contributed by atoms with Crippen molar-refractivity contribution in [2.45, 2.75) is 33.6 Å². The van der Waals surface area contributed by atoms with Gasteiger partial charge in [-0.1, -0.05) is 27.0 Å². The molecule has 0 aromatic heterocycles. The number of Topliss-reactive ketones (excluding diaryl/α,β-unsaturated/α-hetero) is 1. The molecule has 0 spiro atoms. The molecule has 4 nitrogen and oxygen atoms in total. The lowest BCUT2D eigenvalue weighted by Crippen LogP contribution is -2.26. The Morgan fingerprint density at radius 2 is 1.89 bits per heavy atom. The van der Waals surface area contributed by atoms with E-state index in [4.69, 9.17) is 4.74 Å². The van der Waals surface area contributed by atoms with E-state index >= 15 is 0 Å². The van der Waals surface area contributed by atoms with Crippen molar-refractivity contribution >= 4 is 11.9 Å². The highest BCUT2D eigenvalue weighted by Crippen LogP contribution is 2.06. The normalized spacial score (nSPS) is 10.0. The Balaban J connectivity index is 3.71. The smallest absolute Gasteiger partial charge is 0.407 e. The monoisotopic (exact) mass is 253 g/mol. The Bertz CT molecular complexity index is 332. The zero-order chi connectivity index (χ0) is 14.1. The van der Waals surface area contributed by atoms with Crippen molar-refractivity contribution in [1.29, 1.82) is 0 Å². The van der Waals surface area contributed by atoms with Gasteiger partial charge in [0, 0.05) is 13.0 Å². The van der Waals surface area contributed by atoms with Crippen LogP contribution in [0.5, 0.6) is 0 Å². The van der Waals surface area contributed by atoms with E-state index in [1.807, 2.05) is 0 Å². The molecule has 0 saturated carbocycles. The first-order valence-electron chi connectivity index (χ1n) is 6.13. The second kappa shape index (κ2) is 8.50. The minimum absolute atomic E-state index is 0.158. The third-order valence-electron chi connectivity index (χ3n) is 2.34. The molecule has 0 aliphatic heterocycles. The summed E-state index contributed by atoms with van der Waals surface area (Å²) < 4.78 is 4.93. The quantitative estimate of drug-likeness (QED) is 0.677. The van der Waals surface area contributed by atoms with Gasteiger partial charge in [0.1, 0.15) is 0 Å². The summed E-state index contributed by atoms with van der Waals surface area (Å²) >= 11 is 0. The Kier molecular flexibility index (Phi) is 7.76. The highest BCUT2D eigenvalue weighted by molar-refractivity contribution is 6.06. The predicted octanol–water partition coefficient (Wildman–Crippen LogP) is 2.85. The third-order valence-corrected chi connectivity index (χ3v) is 2.34. The van der Waals surface area contributed by atoms with E-state index in [0.29, 0.717) is 30.0 Å². The Morgan fingerprint density at radius 1 is 1.28 bits per heavy atom. The zero-order valence-electron chi connectivity index (χ0n) is 11.5. The van der Waals surface area contributed by atoms with Crippen molar-refractivity contribution in [3.05, 3.63) is 24.3 Å². The van der Waals surface area contributed by atoms with Crippen LogP contribution in [0.1, 0.15) is 33.6 Å². The predicted molar refractivity (Wildman–Crippen MR) is 72.4 cm³/mol. The number of ether oxygens (including phenoxy) is 1. The first kappa shape index (κ1) is 16.4. The van der Waals surface area contributed by atoms with Gasteiger partial charge in [-0.25, -0.2) is 4.79 Å². The molecule has 0 aliphatic carbocycles. The van der Waals surface area contributed by atoms with Crippen LogP contribution in [0.25, 0.3) is 0 Å². The molecule has 0 fully saturated rings. The highest BCUT2D eigenvalue weighted by atomic mass is 16.5. The molecule has 0 atom stereocenters. The first-order valence-corrected chi connectivity index (χ1v) is 6.13. The van der Waals surface area contributed by atoms with E-state index in [0.717, 1.165) is 6.42 Å². The van der Waals surface area contributed by atoms with Crippen molar-refractivity contribution in [2.24, 2.45) is 5.92 Å². The van der Waals surface area contributed by atoms with Crippen LogP contribution in [0.4, 0.5) is 4.79 Å². The van der Waals surface area contributed by atoms with Crippen molar-refractivity contribution in [3.63, 3.8) is 0 Å². The largest absolute Gasteiger partial charge is 0.449 e. The molecule has 0 rings (SSSR count). The van der Waals surface area contributed by atoms with Crippen molar-refractivity contribution in [2.75, 3.05) is 13.2 Å². The van der Waals surface area contributed by atoms with Crippen LogP contribution < -0.4 is 5.32 Å². The summed E-state index contributed by atoms with van der Waals surface area (Å²) in [5.41, 5.74) is 0.860. The second-order valence-electron chi connectivity index (χ2n) is 4.71. The lowest BCUT2D eigenvalue weighted by Gasteiger charge is -2.09. The van der Waals surface area contributed by atoms with Gasteiger partial charge < -0.3 is 10.1 Å². The number of carbonyl (C=O) groups excluding carboxylic acids is 2. The molecule has 0 aliphatic rings. The summed E-state index contributed by atoms with van der Waals surface area (Å²) in [6.07, 6.45) is 0.797. The summed E-state index contributed by atoms with van der Waals surface area (Å²) in [6.45, 7) is 13.7. The minimum atomic E-state index is -0.453. The van der Waals surface area contributed by atoms with Crippen molar-refractivity contribution in [1.82, 2.24) is 5.32 Å². The van der Waals surface area contributed by atoms with Crippen LogP contribution in [-0.4, -0.2) is 25.0 Å².